The molecule has 4 rings (SSSR count). The molecule has 3 fully saturated rings. The molecule has 0 radical (unpaired) electrons. The Morgan fingerprint density at radius 2 is 1.74 bits per heavy atom. The molecule has 1 aromatic rings. The first-order chi connectivity index (χ1) is 14.8. The van der Waals surface area contributed by atoms with E-state index >= 15 is 0 Å². The largest absolute Gasteiger partial charge is 0.339 e. The van der Waals surface area contributed by atoms with Gasteiger partial charge in [0.1, 0.15) is 6.54 Å². The lowest BCUT2D eigenvalue weighted by atomic mass is 9.69. The number of amides is 3. The van der Waals surface area contributed by atoms with Crippen molar-refractivity contribution in [3.8, 4) is 0 Å². The van der Waals surface area contributed by atoms with E-state index < -0.39 is 9.84 Å². The molecule has 2 N–H and O–H groups in total. The molecule has 31 heavy (non-hydrogen) atoms. The summed E-state index contributed by atoms with van der Waals surface area (Å²) in [6.07, 6.45) is 3.51. The molecule has 0 aromatic heterocycles. The van der Waals surface area contributed by atoms with Gasteiger partial charge in [-0.25, -0.2) is 13.2 Å². The highest BCUT2D eigenvalue weighted by atomic mass is 32.2. The fourth-order valence-electron chi connectivity index (χ4n) is 5.24. The van der Waals surface area contributed by atoms with Crippen molar-refractivity contribution in [3.63, 3.8) is 0 Å². The van der Waals surface area contributed by atoms with Crippen LogP contribution in [0.25, 0.3) is 0 Å². The second kappa shape index (κ2) is 8.43. The molecular formula is C22H32N4O4S. The predicted octanol–water partition coefficient (Wildman–Crippen LogP) is 1.09. The molecule has 2 heterocycles. The summed E-state index contributed by atoms with van der Waals surface area (Å²) in [5.41, 5.74) is 0.883. The highest BCUT2D eigenvalue weighted by molar-refractivity contribution is 7.91. The van der Waals surface area contributed by atoms with E-state index in [1.165, 1.54) is 5.56 Å². The zero-order chi connectivity index (χ0) is 22.1. The first-order valence-electron chi connectivity index (χ1n) is 11.1. The molecule has 1 aliphatic carbocycles. The summed E-state index contributed by atoms with van der Waals surface area (Å²) < 4.78 is 23.2. The molecule has 1 aromatic carbocycles. The van der Waals surface area contributed by atoms with Crippen molar-refractivity contribution >= 4 is 21.8 Å². The SMILES string of the molecule is CCNC1(c2ccccc2)CCC2(CC1)CN(CC(=O)N1CCS(=O)(=O)CC1)C(=O)N2. The van der Waals surface area contributed by atoms with Crippen molar-refractivity contribution in [1.82, 2.24) is 20.4 Å². The van der Waals surface area contributed by atoms with Gasteiger partial charge in [-0.2, -0.15) is 0 Å². The van der Waals surface area contributed by atoms with Crippen molar-refractivity contribution in [3.05, 3.63) is 35.9 Å². The topological polar surface area (TPSA) is 98.8 Å². The third-order valence-corrected chi connectivity index (χ3v) is 8.69. The van der Waals surface area contributed by atoms with Gasteiger partial charge in [-0.15, -0.1) is 0 Å². The normalized spacial score (nSPS) is 30.4. The van der Waals surface area contributed by atoms with Crippen LogP contribution in [0.3, 0.4) is 0 Å². The summed E-state index contributed by atoms with van der Waals surface area (Å²) >= 11 is 0. The van der Waals surface area contributed by atoms with Crippen LogP contribution in [-0.4, -0.2) is 79.9 Å². The fraction of sp³-hybridized carbons (Fsp3) is 0.636. The number of sulfone groups is 1. The molecule has 0 unspecified atom stereocenters. The Kier molecular flexibility index (Phi) is 6.00. The average Bonchev–Trinajstić information content (AvgIpc) is 3.05. The van der Waals surface area contributed by atoms with Crippen LogP contribution in [0.1, 0.15) is 38.2 Å². The number of carbonyl (C=O) groups excluding carboxylic acids is 2. The zero-order valence-corrected chi connectivity index (χ0v) is 18.9. The molecule has 9 heteroatoms. The van der Waals surface area contributed by atoms with Crippen molar-refractivity contribution in [2.75, 3.05) is 44.2 Å². The summed E-state index contributed by atoms with van der Waals surface area (Å²) in [4.78, 5) is 28.5. The quantitative estimate of drug-likeness (QED) is 0.703. The Labute approximate surface area is 184 Å². The predicted molar refractivity (Wildman–Crippen MR) is 118 cm³/mol. The van der Waals surface area contributed by atoms with Gasteiger partial charge in [0, 0.05) is 25.2 Å². The molecule has 3 aliphatic rings. The van der Waals surface area contributed by atoms with E-state index in [-0.39, 0.29) is 54.2 Å². The van der Waals surface area contributed by atoms with Gasteiger partial charge in [-0.1, -0.05) is 37.3 Å². The molecule has 8 nitrogen and oxygen atoms in total. The minimum absolute atomic E-state index is 0.000864. The van der Waals surface area contributed by atoms with Crippen molar-refractivity contribution in [1.29, 1.82) is 0 Å². The Morgan fingerprint density at radius 1 is 1.10 bits per heavy atom. The summed E-state index contributed by atoms with van der Waals surface area (Å²) in [6.45, 7) is 3.94. The monoisotopic (exact) mass is 448 g/mol. The van der Waals surface area contributed by atoms with Crippen molar-refractivity contribution < 1.29 is 18.0 Å². The lowest BCUT2D eigenvalue weighted by molar-refractivity contribution is -0.131. The van der Waals surface area contributed by atoms with E-state index in [4.69, 9.17) is 0 Å². The Morgan fingerprint density at radius 3 is 2.35 bits per heavy atom. The van der Waals surface area contributed by atoms with Gasteiger partial charge in [0.2, 0.25) is 5.91 Å². The number of nitrogens with one attached hydrogen (secondary N) is 2. The minimum atomic E-state index is -3.04. The molecule has 0 bridgehead atoms. The van der Waals surface area contributed by atoms with E-state index in [0.29, 0.717) is 6.54 Å². The van der Waals surface area contributed by atoms with Gasteiger partial charge < -0.3 is 20.4 Å². The van der Waals surface area contributed by atoms with Crippen LogP contribution in [0.2, 0.25) is 0 Å². The number of nitrogens with zero attached hydrogens (tertiary/aromatic N) is 2. The third kappa shape index (κ3) is 4.57. The zero-order valence-electron chi connectivity index (χ0n) is 18.1. The number of benzene rings is 1. The Bertz CT molecular complexity index is 912. The van der Waals surface area contributed by atoms with Crippen LogP contribution in [0, 0.1) is 0 Å². The van der Waals surface area contributed by atoms with Gasteiger partial charge in [0.25, 0.3) is 0 Å². The number of rotatable bonds is 5. The summed E-state index contributed by atoms with van der Waals surface area (Å²) in [7, 11) is -3.04. The smallest absolute Gasteiger partial charge is 0.318 e. The van der Waals surface area contributed by atoms with E-state index in [1.54, 1.807) is 9.80 Å². The summed E-state index contributed by atoms with van der Waals surface area (Å²) in [5, 5.41) is 6.85. The molecule has 1 saturated carbocycles. The summed E-state index contributed by atoms with van der Waals surface area (Å²) in [6, 6.07) is 10.3. The van der Waals surface area contributed by atoms with Crippen LogP contribution in [0.15, 0.2) is 30.3 Å². The molecule has 2 aliphatic heterocycles. The summed E-state index contributed by atoms with van der Waals surface area (Å²) in [5.74, 6) is -0.175. The lowest BCUT2D eigenvalue weighted by Gasteiger charge is -2.45. The number of hydrogen-bond acceptors (Lipinski definition) is 5. The van der Waals surface area contributed by atoms with Crippen molar-refractivity contribution in [2.45, 2.75) is 43.7 Å². The first-order valence-corrected chi connectivity index (χ1v) is 12.9. The molecule has 0 atom stereocenters. The number of urea groups is 1. The lowest BCUT2D eigenvalue weighted by Crippen LogP contribution is -2.54. The molecule has 3 amide bonds. The van der Waals surface area contributed by atoms with E-state index in [0.717, 1.165) is 32.2 Å². The second-order valence-corrected chi connectivity index (χ2v) is 11.4. The molecule has 2 saturated heterocycles. The highest BCUT2D eigenvalue weighted by Gasteiger charge is 2.49. The van der Waals surface area contributed by atoms with Gasteiger partial charge in [-0.05, 0) is 37.8 Å². The first kappa shape index (κ1) is 22.1. The van der Waals surface area contributed by atoms with Gasteiger partial charge >= 0.3 is 6.03 Å². The van der Waals surface area contributed by atoms with Crippen LogP contribution in [0.4, 0.5) is 4.79 Å². The van der Waals surface area contributed by atoms with Gasteiger partial charge in [0.05, 0.1) is 17.0 Å². The van der Waals surface area contributed by atoms with Crippen LogP contribution in [-0.2, 0) is 20.2 Å². The van der Waals surface area contributed by atoms with E-state index in [1.807, 2.05) is 6.07 Å². The number of carbonyl (C=O) groups is 2. The fourth-order valence-corrected chi connectivity index (χ4v) is 6.44. The maximum absolute atomic E-state index is 12.7. The maximum Gasteiger partial charge on any atom is 0.318 e. The minimum Gasteiger partial charge on any atom is -0.339 e. The van der Waals surface area contributed by atoms with E-state index in [2.05, 4.69) is 41.8 Å². The Hall–Kier alpha value is -2.13. The average molecular weight is 449 g/mol. The maximum atomic E-state index is 12.7. The highest BCUT2D eigenvalue weighted by Crippen LogP contribution is 2.43. The van der Waals surface area contributed by atoms with Crippen molar-refractivity contribution in [2.24, 2.45) is 0 Å². The van der Waals surface area contributed by atoms with Crippen LogP contribution >= 0.6 is 0 Å². The number of hydrogen-bond donors (Lipinski definition) is 2. The van der Waals surface area contributed by atoms with Crippen LogP contribution in [0.5, 0.6) is 0 Å². The van der Waals surface area contributed by atoms with Crippen LogP contribution < -0.4 is 10.6 Å². The molecule has 170 valence electrons. The van der Waals surface area contributed by atoms with Gasteiger partial charge in [-0.3, -0.25) is 4.79 Å². The third-order valence-electron chi connectivity index (χ3n) is 7.08. The molecular weight excluding hydrogens is 416 g/mol. The van der Waals surface area contributed by atoms with Gasteiger partial charge in [0.15, 0.2) is 9.84 Å². The molecule has 1 spiro atoms. The Balaban J connectivity index is 1.38. The van der Waals surface area contributed by atoms with E-state index in [9.17, 15) is 18.0 Å². The second-order valence-electron chi connectivity index (χ2n) is 9.08. The standard InChI is InChI=1S/C22H32N4O4S/c1-2-23-22(18-6-4-3-5-7-18)10-8-21(9-11-22)17-26(20(28)24-21)16-19(27)25-12-14-31(29,30)15-13-25/h3-7,23H,2,8-17H2,1H3,(H,24,28).